The standard InChI is InChI=1S/C77H150O17P2/c1-7-9-11-13-15-17-19-21-24-29-32-36-40-47-53-59-74(79)87-65-72(93-76(81)62-56-50-42-38-34-30-26-23-22-25-28-31-35-39-45-51-57-69(3)4)67-91-95(83,84)89-63-71(78)64-90-96(85,86)92-68-73(66-88-75(80)60-54-48-44-43-46-52-58-70(5)6)94-77(82)61-55-49-41-37-33-27-20-18-16-14-12-10-8-2/h69-73,78H,7-68H2,1-6H3,(H,83,84)(H,85,86)/t71-,72-,73-/m1/s1. The Balaban J connectivity index is 5.22. The Morgan fingerprint density at radius 2 is 0.479 bits per heavy atom. The number of unbranched alkanes of at least 4 members (excludes halogenated alkanes) is 46. The minimum Gasteiger partial charge on any atom is -0.462 e. The summed E-state index contributed by atoms with van der Waals surface area (Å²) in [7, 11) is -9.91. The average molecular weight is 1410 g/mol. The third kappa shape index (κ3) is 70.5. The second-order valence-electron chi connectivity index (χ2n) is 28.7. The molecule has 3 N–H and O–H groups in total. The van der Waals surface area contributed by atoms with Gasteiger partial charge in [-0.05, 0) is 37.5 Å². The summed E-state index contributed by atoms with van der Waals surface area (Å²) < 4.78 is 68.5. The molecule has 0 bridgehead atoms. The maximum Gasteiger partial charge on any atom is 0.472 e. The van der Waals surface area contributed by atoms with Crippen LogP contribution in [0.2, 0.25) is 0 Å². The molecular formula is C77H150O17P2. The van der Waals surface area contributed by atoms with E-state index in [-0.39, 0.29) is 25.7 Å². The van der Waals surface area contributed by atoms with Crippen molar-refractivity contribution in [3.63, 3.8) is 0 Å². The maximum absolute atomic E-state index is 13.1. The minimum absolute atomic E-state index is 0.107. The molecule has 5 atom stereocenters. The van der Waals surface area contributed by atoms with Crippen molar-refractivity contribution >= 4 is 39.5 Å². The lowest BCUT2D eigenvalue weighted by molar-refractivity contribution is -0.161. The first-order valence-electron chi connectivity index (χ1n) is 40.0. The van der Waals surface area contributed by atoms with Gasteiger partial charge in [0.2, 0.25) is 0 Å². The quantitative estimate of drug-likeness (QED) is 0.0222. The Labute approximate surface area is 588 Å². The molecule has 0 aromatic heterocycles. The van der Waals surface area contributed by atoms with Gasteiger partial charge < -0.3 is 33.8 Å². The summed E-state index contributed by atoms with van der Waals surface area (Å²) in [5.74, 6) is -0.625. The fourth-order valence-electron chi connectivity index (χ4n) is 11.8. The number of carbonyl (C=O) groups is 4. The third-order valence-electron chi connectivity index (χ3n) is 18.0. The summed E-state index contributed by atoms with van der Waals surface area (Å²) in [4.78, 5) is 72.8. The number of ether oxygens (including phenoxy) is 4. The number of aliphatic hydroxyl groups excluding tert-OH is 1. The Bertz CT molecular complexity index is 1860. The predicted octanol–water partition coefficient (Wildman–Crippen LogP) is 22.7. The number of hydrogen-bond acceptors (Lipinski definition) is 15. The molecule has 19 heteroatoms. The maximum atomic E-state index is 13.1. The Kier molecular flexibility index (Phi) is 67.4. The molecule has 0 aliphatic heterocycles. The smallest absolute Gasteiger partial charge is 0.462 e. The van der Waals surface area contributed by atoms with Crippen LogP contribution in [0.15, 0.2) is 0 Å². The molecule has 0 rings (SSSR count). The van der Waals surface area contributed by atoms with Gasteiger partial charge in [0.15, 0.2) is 12.2 Å². The summed E-state index contributed by atoms with van der Waals surface area (Å²) in [6.45, 7) is 9.56. The zero-order valence-corrected chi connectivity index (χ0v) is 64.5. The lowest BCUT2D eigenvalue weighted by Gasteiger charge is -2.21. The van der Waals surface area contributed by atoms with Crippen molar-refractivity contribution in [2.45, 2.75) is 419 Å². The van der Waals surface area contributed by atoms with Crippen LogP contribution < -0.4 is 0 Å². The SMILES string of the molecule is CCCCCCCCCCCCCCCCCC(=O)OC[C@H](COP(=O)(O)OC[C@@H](O)COP(=O)(O)OC[C@@H](COC(=O)CCCCCCCCC(C)C)OC(=O)CCCCCCCCCCCCCCC)OC(=O)CCCCCCCCCCCCCCCCCCC(C)C. The molecule has 0 saturated heterocycles. The van der Waals surface area contributed by atoms with Gasteiger partial charge in [-0.15, -0.1) is 0 Å². The molecule has 96 heavy (non-hydrogen) atoms. The van der Waals surface area contributed by atoms with Crippen molar-refractivity contribution in [1.82, 2.24) is 0 Å². The second-order valence-corrected chi connectivity index (χ2v) is 31.6. The molecule has 0 saturated carbocycles. The molecule has 0 aliphatic carbocycles. The van der Waals surface area contributed by atoms with Crippen molar-refractivity contribution in [2.24, 2.45) is 11.8 Å². The molecule has 0 spiro atoms. The first-order chi connectivity index (χ1) is 46.4. The molecule has 17 nitrogen and oxygen atoms in total. The van der Waals surface area contributed by atoms with Gasteiger partial charge in [-0.3, -0.25) is 37.3 Å². The molecule has 0 fully saturated rings. The van der Waals surface area contributed by atoms with E-state index in [4.69, 9.17) is 37.0 Å². The molecule has 0 amide bonds. The van der Waals surface area contributed by atoms with Crippen LogP contribution in [-0.2, 0) is 65.4 Å². The van der Waals surface area contributed by atoms with Crippen LogP contribution >= 0.6 is 15.6 Å². The summed E-state index contributed by atoms with van der Waals surface area (Å²) in [5, 5.41) is 10.6. The fraction of sp³-hybridized carbons (Fsp3) is 0.948. The largest absolute Gasteiger partial charge is 0.472 e. The summed E-state index contributed by atoms with van der Waals surface area (Å²) in [6.07, 6.45) is 57.0. The molecule has 570 valence electrons. The van der Waals surface area contributed by atoms with Gasteiger partial charge >= 0.3 is 39.5 Å². The van der Waals surface area contributed by atoms with Gasteiger partial charge in [0, 0.05) is 25.7 Å². The number of phosphoric acid groups is 2. The van der Waals surface area contributed by atoms with E-state index in [2.05, 4.69) is 41.5 Å². The average Bonchev–Trinajstić information content (AvgIpc) is 2.34. The van der Waals surface area contributed by atoms with Crippen molar-refractivity contribution in [2.75, 3.05) is 39.6 Å². The van der Waals surface area contributed by atoms with E-state index in [1.807, 2.05) is 0 Å². The molecular weight excluding hydrogens is 1260 g/mol. The second kappa shape index (κ2) is 68.8. The van der Waals surface area contributed by atoms with Gasteiger partial charge in [-0.25, -0.2) is 9.13 Å². The topological polar surface area (TPSA) is 237 Å². The van der Waals surface area contributed by atoms with Crippen LogP contribution in [0.4, 0.5) is 0 Å². The predicted molar refractivity (Wildman–Crippen MR) is 391 cm³/mol. The number of phosphoric ester groups is 2. The Morgan fingerprint density at radius 3 is 0.708 bits per heavy atom. The number of carbonyl (C=O) groups excluding carboxylic acids is 4. The van der Waals surface area contributed by atoms with Crippen LogP contribution in [0.25, 0.3) is 0 Å². The monoisotopic (exact) mass is 1410 g/mol. The summed E-state index contributed by atoms with van der Waals surface area (Å²) in [6, 6.07) is 0. The van der Waals surface area contributed by atoms with Gasteiger partial charge in [-0.1, -0.05) is 350 Å². The van der Waals surface area contributed by atoms with E-state index in [1.165, 1.54) is 212 Å². The zero-order chi connectivity index (χ0) is 70.7. The van der Waals surface area contributed by atoms with Crippen LogP contribution in [-0.4, -0.2) is 96.7 Å². The van der Waals surface area contributed by atoms with Crippen LogP contribution in [0.5, 0.6) is 0 Å². The number of aliphatic hydroxyl groups is 1. The molecule has 0 aromatic rings. The summed E-state index contributed by atoms with van der Waals surface area (Å²) in [5.41, 5.74) is 0. The molecule has 0 radical (unpaired) electrons. The zero-order valence-electron chi connectivity index (χ0n) is 62.7. The van der Waals surface area contributed by atoms with E-state index in [1.54, 1.807) is 0 Å². The number of rotatable bonds is 76. The first-order valence-corrected chi connectivity index (χ1v) is 43.0. The van der Waals surface area contributed by atoms with E-state index in [9.17, 15) is 43.2 Å². The fourth-order valence-corrected chi connectivity index (χ4v) is 13.4. The number of hydrogen-bond donors (Lipinski definition) is 3. The molecule has 0 heterocycles. The van der Waals surface area contributed by atoms with Crippen LogP contribution in [0.3, 0.4) is 0 Å². The molecule has 2 unspecified atom stereocenters. The lowest BCUT2D eigenvalue weighted by atomic mass is 10.0. The third-order valence-corrected chi connectivity index (χ3v) is 19.9. The molecule has 0 aromatic carbocycles. The van der Waals surface area contributed by atoms with Crippen LogP contribution in [0.1, 0.15) is 401 Å². The minimum atomic E-state index is -4.96. The summed E-state index contributed by atoms with van der Waals surface area (Å²) >= 11 is 0. The highest BCUT2D eigenvalue weighted by Gasteiger charge is 2.30. The van der Waals surface area contributed by atoms with E-state index < -0.39 is 97.5 Å². The van der Waals surface area contributed by atoms with Crippen molar-refractivity contribution < 1.29 is 80.2 Å². The van der Waals surface area contributed by atoms with Gasteiger partial charge in [0.1, 0.15) is 19.3 Å². The van der Waals surface area contributed by atoms with Crippen molar-refractivity contribution in [1.29, 1.82) is 0 Å². The van der Waals surface area contributed by atoms with E-state index >= 15 is 0 Å². The van der Waals surface area contributed by atoms with Crippen molar-refractivity contribution in [3.05, 3.63) is 0 Å². The van der Waals surface area contributed by atoms with E-state index in [0.717, 1.165) is 102 Å². The normalized spacial score (nSPS) is 14.0. The highest BCUT2D eigenvalue weighted by Crippen LogP contribution is 2.45. The van der Waals surface area contributed by atoms with E-state index in [0.29, 0.717) is 31.6 Å². The Hall–Kier alpha value is -1.94. The highest BCUT2D eigenvalue weighted by molar-refractivity contribution is 7.47. The molecule has 0 aliphatic rings. The van der Waals surface area contributed by atoms with Gasteiger partial charge in [-0.2, -0.15) is 0 Å². The lowest BCUT2D eigenvalue weighted by Crippen LogP contribution is -2.30. The van der Waals surface area contributed by atoms with Gasteiger partial charge in [0.05, 0.1) is 26.4 Å². The Morgan fingerprint density at radius 1 is 0.281 bits per heavy atom. The van der Waals surface area contributed by atoms with Gasteiger partial charge in [0.25, 0.3) is 0 Å². The first kappa shape index (κ1) is 94.1. The highest BCUT2D eigenvalue weighted by atomic mass is 31.2. The van der Waals surface area contributed by atoms with Crippen molar-refractivity contribution in [3.8, 4) is 0 Å². The number of esters is 4. The van der Waals surface area contributed by atoms with Crippen LogP contribution in [0, 0.1) is 11.8 Å².